The van der Waals surface area contributed by atoms with Crippen molar-refractivity contribution in [3.63, 3.8) is 0 Å². The number of benzene rings is 2. The number of hydrogen-bond donors (Lipinski definition) is 1. The van der Waals surface area contributed by atoms with Crippen LogP contribution >= 0.6 is 0 Å². The minimum Gasteiger partial charge on any atom is -0.390 e. The van der Waals surface area contributed by atoms with E-state index in [1.165, 1.54) is 0 Å². The molecule has 1 N–H and O–H groups in total. The molecule has 130 valence electrons. The number of aliphatic hydroxyl groups is 1. The van der Waals surface area contributed by atoms with Crippen LogP contribution in [0.1, 0.15) is 17.2 Å². The molecule has 4 nitrogen and oxygen atoms in total. The van der Waals surface area contributed by atoms with Gasteiger partial charge < -0.3 is 14.7 Å². The smallest absolute Gasteiger partial charge is 0.247 e. The molecule has 1 amide bonds. The molecular formula is C21H23NO3. The van der Waals surface area contributed by atoms with Gasteiger partial charge in [0.15, 0.2) is 0 Å². The van der Waals surface area contributed by atoms with Crippen molar-refractivity contribution in [3.8, 4) is 0 Å². The maximum Gasteiger partial charge on any atom is 0.247 e. The van der Waals surface area contributed by atoms with Crippen LogP contribution in [-0.4, -0.2) is 41.8 Å². The third kappa shape index (κ3) is 3.98. The van der Waals surface area contributed by atoms with E-state index in [2.05, 4.69) is 0 Å². The second-order valence-corrected chi connectivity index (χ2v) is 6.23. The van der Waals surface area contributed by atoms with E-state index in [0.29, 0.717) is 13.0 Å². The number of ether oxygens (including phenoxy) is 1. The van der Waals surface area contributed by atoms with Gasteiger partial charge in [-0.25, -0.2) is 0 Å². The van der Waals surface area contributed by atoms with Gasteiger partial charge in [-0.2, -0.15) is 0 Å². The minimum atomic E-state index is -0.673. The van der Waals surface area contributed by atoms with E-state index in [1.54, 1.807) is 24.2 Å². The van der Waals surface area contributed by atoms with Crippen LogP contribution < -0.4 is 0 Å². The number of rotatable bonds is 7. The van der Waals surface area contributed by atoms with E-state index in [0.717, 1.165) is 11.1 Å². The molecule has 25 heavy (non-hydrogen) atoms. The van der Waals surface area contributed by atoms with Gasteiger partial charge in [-0.3, -0.25) is 4.79 Å². The van der Waals surface area contributed by atoms with Gasteiger partial charge in [0.1, 0.15) is 0 Å². The monoisotopic (exact) mass is 337 g/mol. The number of amides is 1. The number of carbonyl (C=O) groups is 1. The van der Waals surface area contributed by atoms with Crippen LogP contribution in [0.15, 0.2) is 72.8 Å². The summed E-state index contributed by atoms with van der Waals surface area (Å²) < 4.78 is 5.36. The van der Waals surface area contributed by atoms with Crippen LogP contribution in [0.25, 0.3) is 0 Å². The summed E-state index contributed by atoms with van der Waals surface area (Å²) in [5, 5.41) is 10.8. The van der Waals surface area contributed by atoms with E-state index >= 15 is 0 Å². The zero-order valence-corrected chi connectivity index (χ0v) is 14.3. The Morgan fingerprint density at radius 2 is 1.72 bits per heavy atom. The van der Waals surface area contributed by atoms with E-state index in [4.69, 9.17) is 4.74 Å². The van der Waals surface area contributed by atoms with Crippen molar-refractivity contribution >= 4 is 5.91 Å². The van der Waals surface area contributed by atoms with Crippen LogP contribution in [0.3, 0.4) is 0 Å². The first kappa shape index (κ1) is 17.4. The molecule has 3 rings (SSSR count). The average molecular weight is 337 g/mol. The second-order valence-electron chi connectivity index (χ2n) is 6.23. The van der Waals surface area contributed by atoms with Crippen molar-refractivity contribution in [2.45, 2.75) is 24.6 Å². The van der Waals surface area contributed by atoms with Gasteiger partial charge in [0.25, 0.3) is 0 Å². The molecule has 0 spiro atoms. The minimum absolute atomic E-state index is 0.0944. The highest BCUT2D eigenvalue weighted by Gasteiger charge is 2.37. The molecule has 2 aromatic rings. The fourth-order valence-corrected chi connectivity index (χ4v) is 3.33. The van der Waals surface area contributed by atoms with E-state index < -0.39 is 6.10 Å². The van der Waals surface area contributed by atoms with Gasteiger partial charge >= 0.3 is 0 Å². The molecule has 1 heterocycles. The fraction of sp³-hybridized carbons (Fsp3) is 0.286. The summed E-state index contributed by atoms with van der Waals surface area (Å²) >= 11 is 0. The van der Waals surface area contributed by atoms with Crippen LogP contribution in [-0.2, 0) is 16.0 Å². The first-order valence-electron chi connectivity index (χ1n) is 8.47. The van der Waals surface area contributed by atoms with Crippen molar-refractivity contribution in [1.82, 2.24) is 4.90 Å². The Balaban J connectivity index is 1.83. The molecule has 0 aliphatic carbocycles. The quantitative estimate of drug-likeness (QED) is 0.845. The largest absolute Gasteiger partial charge is 0.390 e. The number of nitrogens with zero attached hydrogens (tertiary/aromatic N) is 1. The topological polar surface area (TPSA) is 49.8 Å². The Kier molecular flexibility index (Phi) is 5.64. The zero-order valence-electron chi connectivity index (χ0n) is 14.3. The number of carbonyl (C=O) groups excluding carboxylic acids is 1. The first-order valence-corrected chi connectivity index (χ1v) is 8.47. The summed E-state index contributed by atoms with van der Waals surface area (Å²) in [7, 11) is 1.62. The summed E-state index contributed by atoms with van der Waals surface area (Å²) in [4.78, 5) is 14.2. The Labute approximate surface area is 148 Å². The Morgan fingerprint density at radius 3 is 2.36 bits per heavy atom. The number of hydrogen-bond acceptors (Lipinski definition) is 3. The molecule has 2 aromatic carbocycles. The molecule has 0 bridgehead atoms. The highest BCUT2D eigenvalue weighted by atomic mass is 16.5. The molecule has 0 saturated heterocycles. The molecule has 4 heteroatoms. The highest BCUT2D eigenvalue weighted by Crippen LogP contribution is 2.29. The van der Waals surface area contributed by atoms with Gasteiger partial charge in [0, 0.05) is 19.6 Å². The number of methoxy groups -OCH3 is 1. The van der Waals surface area contributed by atoms with Crippen LogP contribution in [0.4, 0.5) is 0 Å². The lowest BCUT2D eigenvalue weighted by Crippen LogP contribution is -2.46. The summed E-state index contributed by atoms with van der Waals surface area (Å²) in [5.74, 6) is -0.0944. The van der Waals surface area contributed by atoms with Gasteiger partial charge in [-0.15, -0.1) is 0 Å². The average Bonchev–Trinajstić information content (AvgIpc) is 3.03. The van der Waals surface area contributed by atoms with Gasteiger partial charge in [0.05, 0.1) is 24.8 Å². The molecule has 0 radical (unpaired) electrons. The third-order valence-corrected chi connectivity index (χ3v) is 4.54. The molecule has 3 atom stereocenters. The van der Waals surface area contributed by atoms with Crippen molar-refractivity contribution < 1.29 is 14.6 Å². The lowest BCUT2D eigenvalue weighted by atomic mass is 9.99. The summed E-state index contributed by atoms with van der Waals surface area (Å²) in [6.07, 6.45) is 3.16. The van der Waals surface area contributed by atoms with Crippen molar-refractivity contribution in [2.75, 3.05) is 13.7 Å². The first-order chi connectivity index (χ1) is 12.2. The van der Waals surface area contributed by atoms with Gasteiger partial charge in [-0.05, 0) is 11.1 Å². The predicted octanol–water partition coefficient (Wildman–Crippen LogP) is 2.74. The lowest BCUT2D eigenvalue weighted by molar-refractivity contribution is -0.132. The summed E-state index contributed by atoms with van der Waals surface area (Å²) in [6.45, 7) is 0.381. The normalized spacial score (nSPS) is 19.2. The standard InChI is InChI=1S/C21H23NO3/c1-25-15-19(17-10-6-3-7-11-17)22-18(12-13-21(22)24)20(23)14-16-8-4-2-5-9-16/h2-13,18-20,23H,14-15H2,1H3/t18-,19+,20-/m1/s1. The Hall–Kier alpha value is -2.43. The Bertz CT molecular complexity index is 714. The third-order valence-electron chi connectivity index (χ3n) is 4.54. The summed E-state index contributed by atoms with van der Waals surface area (Å²) in [5.41, 5.74) is 2.05. The van der Waals surface area contributed by atoms with E-state index in [-0.39, 0.29) is 18.0 Å². The molecule has 1 aliphatic heterocycles. The highest BCUT2D eigenvalue weighted by molar-refractivity contribution is 5.91. The molecule has 0 fully saturated rings. The SMILES string of the molecule is COC[C@@H](c1ccccc1)N1C(=O)C=C[C@@H]1[C@H](O)Cc1ccccc1. The van der Waals surface area contributed by atoms with Crippen LogP contribution in [0.2, 0.25) is 0 Å². The second kappa shape index (κ2) is 8.10. The van der Waals surface area contributed by atoms with Crippen LogP contribution in [0, 0.1) is 0 Å². The maximum atomic E-state index is 12.5. The van der Waals surface area contributed by atoms with Crippen molar-refractivity contribution in [3.05, 3.63) is 83.9 Å². The molecular weight excluding hydrogens is 314 g/mol. The van der Waals surface area contributed by atoms with Crippen molar-refractivity contribution in [2.24, 2.45) is 0 Å². The number of aliphatic hydroxyl groups excluding tert-OH is 1. The van der Waals surface area contributed by atoms with Gasteiger partial charge in [0.2, 0.25) is 5.91 Å². The Morgan fingerprint density at radius 1 is 1.08 bits per heavy atom. The molecule has 0 aromatic heterocycles. The maximum absolute atomic E-state index is 12.5. The van der Waals surface area contributed by atoms with E-state index in [9.17, 15) is 9.90 Å². The summed E-state index contributed by atoms with van der Waals surface area (Å²) in [6, 6.07) is 19.0. The van der Waals surface area contributed by atoms with E-state index in [1.807, 2.05) is 60.7 Å². The van der Waals surface area contributed by atoms with Gasteiger partial charge in [-0.1, -0.05) is 66.7 Å². The molecule has 1 aliphatic rings. The van der Waals surface area contributed by atoms with Crippen LogP contribution in [0.5, 0.6) is 0 Å². The zero-order chi connectivity index (χ0) is 17.6. The molecule has 0 saturated carbocycles. The van der Waals surface area contributed by atoms with Crippen molar-refractivity contribution in [1.29, 1.82) is 0 Å². The lowest BCUT2D eigenvalue weighted by Gasteiger charge is -2.35. The molecule has 0 unspecified atom stereocenters. The predicted molar refractivity (Wildman–Crippen MR) is 97.0 cm³/mol. The fourth-order valence-electron chi connectivity index (χ4n) is 3.33.